The van der Waals surface area contributed by atoms with E-state index in [-0.39, 0.29) is 12.2 Å². The van der Waals surface area contributed by atoms with Gasteiger partial charge in [-0.15, -0.1) is 0 Å². The fourth-order valence-electron chi connectivity index (χ4n) is 3.44. The van der Waals surface area contributed by atoms with Crippen LogP contribution in [0.3, 0.4) is 0 Å². The van der Waals surface area contributed by atoms with Gasteiger partial charge in [0.2, 0.25) is 0 Å². The number of hydrogen-bond donors (Lipinski definition) is 1. The highest BCUT2D eigenvalue weighted by molar-refractivity contribution is 9.10. The smallest absolute Gasteiger partial charge is 0.335 e. The van der Waals surface area contributed by atoms with Crippen LogP contribution in [0.4, 0.5) is 10.5 Å². The molecule has 0 unspecified atom stereocenters. The molecule has 1 aliphatic heterocycles. The Kier molecular flexibility index (Phi) is 7.31. The first-order valence-electron chi connectivity index (χ1n) is 10.5. The maximum Gasteiger partial charge on any atom is 0.335 e. The Morgan fingerprint density at radius 2 is 1.74 bits per heavy atom. The molecule has 3 aromatic carbocycles. The Morgan fingerprint density at radius 1 is 0.971 bits per heavy atom. The number of halogens is 3. The molecule has 1 heterocycles. The molecule has 0 radical (unpaired) electrons. The second-order valence-corrected chi connectivity index (χ2v) is 9.64. The lowest BCUT2D eigenvalue weighted by Crippen LogP contribution is -2.54. The SMILES string of the molecule is Cc1ccc(N2C(=O)NC(=O)/C(=C\c3ccc(OCc4ccc(Cl)cc4Cl)c(Br)c3)C2=O)cc1C. The summed E-state index contributed by atoms with van der Waals surface area (Å²) in [5.74, 6) is -0.908. The molecule has 3 aromatic rings. The van der Waals surface area contributed by atoms with Gasteiger partial charge in [-0.25, -0.2) is 9.69 Å². The first-order valence-corrected chi connectivity index (χ1v) is 12.0. The molecular formula is C26H19BrCl2N2O4. The lowest BCUT2D eigenvalue weighted by Gasteiger charge is -2.26. The van der Waals surface area contributed by atoms with Crippen LogP contribution in [-0.4, -0.2) is 17.8 Å². The topological polar surface area (TPSA) is 75.7 Å². The van der Waals surface area contributed by atoms with Crippen molar-refractivity contribution in [2.45, 2.75) is 20.5 Å². The van der Waals surface area contributed by atoms with Gasteiger partial charge in [-0.2, -0.15) is 0 Å². The van der Waals surface area contributed by atoms with Gasteiger partial charge in [0, 0.05) is 15.6 Å². The van der Waals surface area contributed by atoms with Crippen molar-refractivity contribution in [3.8, 4) is 5.75 Å². The molecule has 0 saturated carbocycles. The van der Waals surface area contributed by atoms with Crippen LogP contribution in [0.5, 0.6) is 5.75 Å². The van der Waals surface area contributed by atoms with E-state index in [2.05, 4.69) is 21.2 Å². The van der Waals surface area contributed by atoms with E-state index in [9.17, 15) is 14.4 Å². The molecule has 4 rings (SSSR count). The minimum atomic E-state index is -0.786. The molecule has 1 aliphatic rings. The molecule has 0 spiro atoms. The van der Waals surface area contributed by atoms with Gasteiger partial charge in [0.05, 0.1) is 10.2 Å². The summed E-state index contributed by atoms with van der Waals surface area (Å²) in [6.45, 7) is 4.04. The normalized spacial score (nSPS) is 14.9. The number of aryl methyl sites for hydroxylation is 2. The molecule has 35 heavy (non-hydrogen) atoms. The Labute approximate surface area is 220 Å². The zero-order valence-corrected chi connectivity index (χ0v) is 21.8. The lowest BCUT2D eigenvalue weighted by atomic mass is 10.1. The first kappa shape index (κ1) is 25.0. The van der Waals surface area contributed by atoms with Gasteiger partial charge in [0.25, 0.3) is 11.8 Å². The number of nitrogens with zero attached hydrogens (tertiary/aromatic N) is 1. The summed E-state index contributed by atoms with van der Waals surface area (Å²) in [4.78, 5) is 39.0. The summed E-state index contributed by atoms with van der Waals surface area (Å²) in [6, 6.07) is 14.7. The fourth-order valence-corrected chi connectivity index (χ4v) is 4.42. The van der Waals surface area contributed by atoms with E-state index in [1.807, 2.05) is 19.9 Å². The van der Waals surface area contributed by atoms with E-state index >= 15 is 0 Å². The van der Waals surface area contributed by atoms with Crippen molar-refractivity contribution in [2.75, 3.05) is 4.90 Å². The van der Waals surface area contributed by atoms with Crippen LogP contribution >= 0.6 is 39.1 Å². The van der Waals surface area contributed by atoms with Gasteiger partial charge in [-0.1, -0.05) is 41.4 Å². The molecule has 9 heteroatoms. The average Bonchev–Trinajstić information content (AvgIpc) is 2.79. The highest BCUT2D eigenvalue weighted by atomic mass is 79.9. The van der Waals surface area contributed by atoms with Crippen LogP contribution in [-0.2, 0) is 16.2 Å². The Bertz CT molecular complexity index is 1400. The molecule has 1 fully saturated rings. The van der Waals surface area contributed by atoms with Crippen LogP contribution in [0.15, 0.2) is 64.6 Å². The Balaban J connectivity index is 1.57. The van der Waals surface area contributed by atoms with Crippen LogP contribution in [0.1, 0.15) is 22.3 Å². The number of carbonyl (C=O) groups is 3. The minimum Gasteiger partial charge on any atom is -0.488 e. The average molecular weight is 574 g/mol. The third-order valence-electron chi connectivity index (χ3n) is 5.52. The van der Waals surface area contributed by atoms with Gasteiger partial charge >= 0.3 is 6.03 Å². The quantitative estimate of drug-likeness (QED) is 0.275. The van der Waals surface area contributed by atoms with Gasteiger partial charge in [0.1, 0.15) is 17.9 Å². The van der Waals surface area contributed by atoms with E-state index in [1.165, 1.54) is 6.08 Å². The number of imide groups is 2. The molecule has 0 bridgehead atoms. The number of ether oxygens (including phenoxy) is 1. The monoisotopic (exact) mass is 572 g/mol. The molecule has 1 N–H and O–H groups in total. The summed E-state index contributed by atoms with van der Waals surface area (Å²) >= 11 is 15.6. The number of urea groups is 1. The summed E-state index contributed by atoms with van der Waals surface area (Å²) in [7, 11) is 0. The van der Waals surface area contributed by atoms with E-state index in [0.717, 1.165) is 21.6 Å². The molecule has 1 saturated heterocycles. The molecule has 0 aliphatic carbocycles. The summed E-state index contributed by atoms with van der Waals surface area (Å²) < 4.78 is 6.46. The Hall–Kier alpha value is -3.13. The number of rotatable bonds is 5. The highest BCUT2D eigenvalue weighted by Gasteiger charge is 2.36. The van der Waals surface area contributed by atoms with Crippen molar-refractivity contribution in [3.05, 3.63) is 96.9 Å². The summed E-state index contributed by atoms with van der Waals surface area (Å²) in [5, 5.41) is 3.28. The maximum atomic E-state index is 13.1. The maximum absolute atomic E-state index is 13.1. The minimum absolute atomic E-state index is 0.156. The number of benzene rings is 3. The molecule has 6 nitrogen and oxygen atoms in total. The van der Waals surface area contributed by atoms with Gasteiger partial charge in [-0.05, 0) is 88.9 Å². The number of anilines is 1. The van der Waals surface area contributed by atoms with E-state index in [4.69, 9.17) is 27.9 Å². The predicted octanol–water partition coefficient (Wildman–Crippen LogP) is 6.62. The van der Waals surface area contributed by atoms with Crippen molar-refractivity contribution in [3.63, 3.8) is 0 Å². The van der Waals surface area contributed by atoms with E-state index < -0.39 is 17.8 Å². The lowest BCUT2D eigenvalue weighted by molar-refractivity contribution is -0.122. The van der Waals surface area contributed by atoms with Crippen molar-refractivity contribution in [2.24, 2.45) is 0 Å². The molecule has 0 atom stereocenters. The second kappa shape index (κ2) is 10.2. The number of amides is 4. The first-order chi connectivity index (χ1) is 16.6. The van der Waals surface area contributed by atoms with Crippen molar-refractivity contribution in [1.82, 2.24) is 5.32 Å². The van der Waals surface area contributed by atoms with Crippen LogP contribution in [0, 0.1) is 13.8 Å². The second-order valence-electron chi connectivity index (χ2n) is 7.94. The third-order valence-corrected chi connectivity index (χ3v) is 6.72. The largest absolute Gasteiger partial charge is 0.488 e. The molecule has 0 aromatic heterocycles. The Morgan fingerprint density at radius 3 is 2.43 bits per heavy atom. The van der Waals surface area contributed by atoms with Gasteiger partial charge in [0.15, 0.2) is 0 Å². The molecule has 178 valence electrons. The zero-order chi connectivity index (χ0) is 25.3. The van der Waals surface area contributed by atoms with E-state index in [0.29, 0.717) is 31.5 Å². The van der Waals surface area contributed by atoms with E-state index in [1.54, 1.807) is 48.5 Å². The molecule has 4 amide bonds. The number of hydrogen-bond acceptors (Lipinski definition) is 4. The third kappa shape index (κ3) is 5.42. The standard InChI is InChI=1S/C26H19BrCl2N2O4/c1-14-3-7-19(9-15(14)2)31-25(33)20(24(32)30-26(31)34)10-16-4-8-23(21(27)11-16)35-13-17-5-6-18(28)12-22(17)29/h3-12H,13H2,1-2H3,(H,30,32,34)/b20-10+. The summed E-state index contributed by atoms with van der Waals surface area (Å²) in [6.07, 6.45) is 1.43. The van der Waals surface area contributed by atoms with Crippen LogP contribution in [0.2, 0.25) is 10.0 Å². The predicted molar refractivity (Wildman–Crippen MR) is 140 cm³/mol. The van der Waals surface area contributed by atoms with Crippen molar-refractivity contribution >= 4 is 68.7 Å². The zero-order valence-electron chi connectivity index (χ0n) is 18.7. The van der Waals surface area contributed by atoms with Gasteiger partial charge in [-0.3, -0.25) is 14.9 Å². The molecular weight excluding hydrogens is 555 g/mol. The van der Waals surface area contributed by atoms with Crippen molar-refractivity contribution in [1.29, 1.82) is 0 Å². The van der Waals surface area contributed by atoms with Crippen LogP contribution in [0.25, 0.3) is 6.08 Å². The van der Waals surface area contributed by atoms with Crippen molar-refractivity contribution < 1.29 is 19.1 Å². The number of nitrogens with one attached hydrogen (secondary N) is 1. The highest BCUT2D eigenvalue weighted by Crippen LogP contribution is 2.30. The number of carbonyl (C=O) groups excluding carboxylic acids is 3. The summed E-state index contributed by atoms with van der Waals surface area (Å²) in [5.41, 5.74) is 3.52. The van der Waals surface area contributed by atoms with Gasteiger partial charge < -0.3 is 4.74 Å². The van der Waals surface area contributed by atoms with Crippen LogP contribution < -0.4 is 15.0 Å². The fraction of sp³-hybridized carbons (Fsp3) is 0.115. The number of barbiturate groups is 1.